The van der Waals surface area contributed by atoms with Crippen LogP contribution in [0.25, 0.3) is 0 Å². The minimum absolute atomic E-state index is 0.549. The molecule has 0 saturated heterocycles. The van der Waals surface area contributed by atoms with Crippen molar-refractivity contribution >= 4 is 0 Å². The van der Waals surface area contributed by atoms with E-state index in [4.69, 9.17) is 10.5 Å². The van der Waals surface area contributed by atoms with Crippen LogP contribution in [0.2, 0.25) is 0 Å². The monoisotopic (exact) mass is 239 g/mol. The Balaban J connectivity index is 1.76. The van der Waals surface area contributed by atoms with Gasteiger partial charge in [-0.15, -0.1) is 0 Å². The summed E-state index contributed by atoms with van der Waals surface area (Å²) in [5.41, 5.74) is 5.83. The summed E-state index contributed by atoms with van der Waals surface area (Å²) in [6, 6.07) is 0. The summed E-state index contributed by atoms with van der Waals surface area (Å²) in [7, 11) is 0. The van der Waals surface area contributed by atoms with Crippen molar-refractivity contribution < 1.29 is 4.74 Å². The Bertz CT molecular complexity index is 219. The third-order valence-electron chi connectivity index (χ3n) is 5.01. The molecule has 2 aliphatic carbocycles. The summed E-state index contributed by atoms with van der Waals surface area (Å²) in [4.78, 5) is 0. The van der Waals surface area contributed by atoms with Crippen LogP contribution in [0.4, 0.5) is 0 Å². The van der Waals surface area contributed by atoms with Gasteiger partial charge in [0.15, 0.2) is 0 Å². The van der Waals surface area contributed by atoms with Crippen LogP contribution in [0, 0.1) is 17.8 Å². The predicted molar refractivity (Wildman–Crippen MR) is 71.9 cm³/mol. The Labute approximate surface area is 106 Å². The minimum atomic E-state index is 0.549. The molecule has 17 heavy (non-hydrogen) atoms. The normalized spacial score (nSPS) is 38.5. The molecule has 100 valence electrons. The molecular weight excluding hydrogens is 210 g/mol. The van der Waals surface area contributed by atoms with Gasteiger partial charge in [-0.2, -0.15) is 0 Å². The number of rotatable bonds is 5. The standard InChI is InChI=1S/C15H29NO/c1-2-12-6-3-4-9-15(12)17-11-14-8-5-7-13(14)10-16/h12-15H,2-11,16H2,1H3. The molecular formula is C15H29NO. The third kappa shape index (κ3) is 3.45. The van der Waals surface area contributed by atoms with E-state index in [0.29, 0.717) is 6.10 Å². The lowest BCUT2D eigenvalue weighted by Gasteiger charge is -2.32. The highest BCUT2D eigenvalue weighted by atomic mass is 16.5. The number of hydrogen-bond acceptors (Lipinski definition) is 2. The van der Waals surface area contributed by atoms with Gasteiger partial charge in [0.2, 0.25) is 0 Å². The van der Waals surface area contributed by atoms with Crippen molar-refractivity contribution in [3.05, 3.63) is 0 Å². The summed E-state index contributed by atoms with van der Waals surface area (Å²) in [6.07, 6.45) is 11.3. The zero-order valence-electron chi connectivity index (χ0n) is 11.4. The summed E-state index contributed by atoms with van der Waals surface area (Å²) in [5.74, 6) is 2.31. The van der Waals surface area contributed by atoms with Gasteiger partial charge >= 0.3 is 0 Å². The molecule has 0 aromatic rings. The molecule has 0 aromatic carbocycles. The van der Waals surface area contributed by atoms with Crippen LogP contribution in [0.15, 0.2) is 0 Å². The van der Waals surface area contributed by atoms with E-state index >= 15 is 0 Å². The Kier molecular flexibility index (Phi) is 5.30. The first-order chi connectivity index (χ1) is 8.35. The molecule has 0 aromatic heterocycles. The van der Waals surface area contributed by atoms with E-state index in [1.807, 2.05) is 0 Å². The van der Waals surface area contributed by atoms with Crippen LogP contribution in [0.1, 0.15) is 58.3 Å². The molecule has 0 aliphatic heterocycles. The number of ether oxygens (including phenoxy) is 1. The molecule has 2 rings (SSSR count). The number of nitrogens with two attached hydrogens (primary N) is 1. The summed E-state index contributed by atoms with van der Waals surface area (Å²) in [5, 5.41) is 0. The van der Waals surface area contributed by atoms with E-state index in [1.165, 1.54) is 51.4 Å². The smallest absolute Gasteiger partial charge is 0.0603 e. The van der Waals surface area contributed by atoms with Crippen LogP contribution in [0.3, 0.4) is 0 Å². The molecule has 2 fully saturated rings. The SMILES string of the molecule is CCC1CCCCC1OCC1CCCC1CN. The maximum Gasteiger partial charge on any atom is 0.0603 e. The predicted octanol–water partition coefficient (Wildman–Crippen LogP) is 3.35. The van der Waals surface area contributed by atoms with Crippen LogP contribution in [-0.2, 0) is 4.74 Å². The fourth-order valence-electron chi connectivity index (χ4n) is 3.75. The van der Waals surface area contributed by atoms with Crippen molar-refractivity contribution in [1.82, 2.24) is 0 Å². The molecule has 0 amide bonds. The first kappa shape index (κ1) is 13.4. The van der Waals surface area contributed by atoms with E-state index in [0.717, 1.165) is 30.9 Å². The van der Waals surface area contributed by atoms with E-state index in [9.17, 15) is 0 Å². The summed E-state index contributed by atoms with van der Waals surface area (Å²) >= 11 is 0. The lowest BCUT2D eigenvalue weighted by molar-refractivity contribution is -0.0326. The van der Waals surface area contributed by atoms with Crippen LogP contribution in [-0.4, -0.2) is 19.3 Å². The van der Waals surface area contributed by atoms with Crippen molar-refractivity contribution in [3.63, 3.8) is 0 Å². The topological polar surface area (TPSA) is 35.2 Å². The van der Waals surface area contributed by atoms with Crippen molar-refractivity contribution in [2.24, 2.45) is 23.5 Å². The van der Waals surface area contributed by atoms with Gasteiger partial charge < -0.3 is 10.5 Å². The largest absolute Gasteiger partial charge is 0.378 e. The fourth-order valence-corrected chi connectivity index (χ4v) is 3.75. The minimum Gasteiger partial charge on any atom is -0.378 e. The molecule has 0 bridgehead atoms. The molecule has 2 heteroatoms. The lowest BCUT2D eigenvalue weighted by atomic mass is 9.84. The Morgan fingerprint density at radius 2 is 1.65 bits per heavy atom. The van der Waals surface area contributed by atoms with Crippen molar-refractivity contribution in [2.45, 2.75) is 64.4 Å². The van der Waals surface area contributed by atoms with Gasteiger partial charge in [-0.25, -0.2) is 0 Å². The van der Waals surface area contributed by atoms with Crippen LogP contribution >= 0.6 is 0 Å². The molecule has 0 heterocycles. The highest BCUT2D eigenvalue weighted by molar-refractivity contribution is 4.80. The van der Waals surface area contributed by atoms with E-state index in [2.05, 4.69) is 6.92 Å². The summed E-state index contributed by atoms with van der Waals surface area (Å²) in [6.45, 7) is 4.14. The van der Waals surface area contributed by atoms with E-state index in [1.54, 1.807) is 0 Å². The van der Waals surface area contributed by atoms with Crippen molar-refractivity contribution in [1.29, 1.82) is 0 Å². The molecule has 2 N–H and O–H groups in total. The highest BCUT2D eigenvalue weighted by Crippen LogP contribution is 2.34. The van der Waals surface area contributed by atoms with Crippen LogP contribution < -0.4 is 5.73 Å². The van der Waals surface area contributed by atoms with Gasteiger partial charge in [-0.05, 0) is 50.0 Å². The van der Waals surface area contributed by atoms with Crippen LogP contribution in [0.5, 0.6) is 0 Å². The number of hydrogen-bond donors (Lipinski definition) is 1. The molecule has 4 atom stereocenters. The van der Waals surface area contributed by atoms with Gasteiger partial charge in [0.25, 0.3) is 0 Å². The molecule has 2 saturated carbocycles. The van der Waals surface area contributed by atoms with Gasteiger partial charge in [0.05, 0.1) is 12.7 Å². The second-order valence-corrected chi connectivity index (χ2v) is 6.01. The molecule has 0 spiro atoms. The first-order valence-electron chi connectivity index (χ1n) is 7.66. The van der Waals surface area contributed by atoms with Gasteiger partial charge in [-0.1, -0.05) is 32.6 Å². The maximum absolute atomic E-state index is 6.25. The fraction of sp³-hybridized carbons (Fsp3) is 1.00. The quantitative estimate of drug-likeness (QED) is 0.798. The van der Waals surface area contributed by atoms with Crippen molar-refractivity contribution in [3.8, 4) is 0 Å². The zero-order chi connectivity index (χ0) is 12.1. The maximum atomic E-state index is 6.25. The second-order valence-electron chi connectivity index (χ2n) is 6.01. The third-order valence-corrected chi connectivity index (χ3v) is 5.01. The molecule has 2 nitrogen and oxygen atoms in total. The average molecular weight is 239 g/mol. The second kappa shape index (κ2) is 6.75. The zero-order valence-corrected chi connectivity index (χ0v) is 11.4. The molecule has 0 radical (unpaired) electrons. The Morgan fingerprint density at radius 1 is 0.941 bits per heavy atom. The van der Waals surface area contributed by atoms with E-state index < -0.39 is 0 Å². The Morgan fingerprint density at radius 3 is 2.41 bits per heavy atom. The first-order valence-corrected chi connectivity index (χ1v) is 7.66. The molecule has 4 unspecified atom stereocenters. The Hall–Kier alpha value is -0.0800. The summed E-state index contributed by atoms with van der Waals surface area (Å²) < 4.78 is 6.25. The molecule has 2 aliphatic rings. The van der Waals surface area contributed by atoms with E-state index in [-0.39, 0.29) is 0 Å². The average Bonchev–Trinajstić information content (AvgIpc) is 2.84. The van der Waals surface area contributed by atoms with Crippen molar-refractivity contribution in [2.75, 3.05) is 13.2 Å². The lowest BCUT2D eigenvalue weighted by Crippen LogP contribution is -2.31. The van der Waals surface area contributed by atoms with Gasteiger partial charge in [0, 0.05) is 0 Å². The van der Waals surface area contributed by atoms with Gasteiger partial charge in [-0.3, -0.25) is 0 Å². The highest BCUT2D eigenvalue weighted by Gasteiger charge is 2.29. The van der Waals surface area contributed by atoms with Gasteiger partial charge in [0.1, 0.15) is 0 Å².